The number of fused-ring (bicyclic) bond motifs is 1. The van der Waals surface area contributed by atoms with Gasteiger partial charge in [0.05, 0.1) is 24.0 Å². The number of hydrogen-bond acceptors (Lipinski definition) is 3. The summed E-state index contributed by atoms with van der Waals surface area (Å²) in [5, 5.41) is 0. The van der Waals surface area contributed by atoms with Crippen LogP contribution in [0.15, 0.2) is 12.1 Å². The molecule has 1 aromatic carbocycles. The molecule has 1 fully saturated rings. The maximum atomic E-state index is 13.9. The predicted octanol–water partition coefficient (Wildman–Crippen LogP) is 3.45. The molecule has 4 nitrogen and oxygen atoms in total. The van der Waals surface area contributed by atoms with Crippen LogP contribution in [0.4, 0.5) is 4.39 Å². The standard InChI is InChI=1S/C15H18ClFN2O2/c1-15(3-5-21-6-4-15)19-12-8-13(20-2)10(17)7-11(12)18-14(19)9-16/h7-8H,3-6,9H2,1-2H3. The summed E-state index contributed by atoms with van der Waals surface area (Å²) in [5.41, 5.74) is 1.34. The van der Waals surface area contributed by atoms with E-state index in [-0.39, 0.29) is 17.2 Å². The molecular weight excluding hydrogens is 295 g/mol. The molecular formula is C15H18ClFN2O2. The van der Waals surface area contributed by atoms with E-state index in [4.69, 9.17) is 21.1 Å². The second kappa shape index (κ2) is 5.46. The first-order valence-corrected chi connectivity index (χ1v) is 7.51. The molecule has 2 heterocycles. The molecule has 0 saturated carbocycles. The van der Waals surface area contributed by atoms with E-state index < -0.39 is 5.82 Å². The van der Waals surface area contributed by atoms with E-state index in [1.165, 1.54) is 13.2 Å². The Morgan fingerprint density at radius 2 is 2.14 bits per heavy atom. The highest BCUT2D eigenvalue weighted by atomic mass is 35.5. The Morgan fingerprint density at radius 3 is 2.76 bits per heavy atom. The molecule has 0 radical (unpaired) electrons. The summed E-state index contributed by atoms with van der Waals surface area (Å²) in [6.45, 7) is 3.58. The zero-order chi connectivity index (χ0) is 15.0. The summed E-state index contributed by atoms with van der Waals surface area (Å²) in [4.78, 5) is 4.48. The van der Waals surface area contributed by atoms with Crippen LogP contribution in [-0.4, -0.2) is 29.9 Å². The van der Waals surface area contributed by atoms with E-state index in [9.17, 15) is 4.39 Å². The van der Waals surface area contributed by atoms with Crippen molar-refractivity contribution >= 4 is 22.6 Å². The summed E-state index contributed by atoms with van der Waals surface area (Å²) in [5.74, 6) is 0.853. The third kappa shape index (κ3) is 2.38. The van der Waals surface area contributed by atoms with Gasteiger partial charge in [-0.3, -0.25) is 0 Å². The van der Waals surface area contributed by atoms with Crippen molar-refractivity contribution in [1.29, 1.82) is 0 Å². The number of imidazole rings is 1. The number of benzene rings is 1. The van der Waals surface area contributed by atoms with Crippen molar-refractivity contribution in [2.24, 2.45) is 0 Å². The first-order valence-electron chi connectivity index (χ1n) is 6.98. The lowest BCUT2D eigenvalue weighted by molar-refractivity contribution is 0.0302. The average molecular weight is 313 g/mol. The van der Waals surface area contributed by atoms with Gasteiger partial charge in [0.25, 0.3) is 0 Å². The fourth-order valence-electron chi connectivity index (χ4n) is 3.01. The fraction of sp³-hybridized carbons (Fsp3) is 0.533. The van der Waals surface area contributed by atoms with Crippen LogP contribution in [0.5, 0.6) is 5.75 Å². The molecule has 114 valence electrons. The van der Waals surface area contributed by atoms with Crippen molar-refractivity contribution in [1.82, 2.24) is 9.55 Å². The molecule has 1 aliphatic heterocycles. The van der Waals surface area contributed by atoms with Crippen LogP contribution in [0.1, 0.15) is 25.6 Å². The van der Waals surface area contributed by atoms with Crippen molar-refractivity contribution in [2.75, 3.05) is 20.3 Å². The van der Waals surface area contributed by atoms with Crippen molar-refractivity contribution in [3.8, 4) is 5.75 Å². The van der Waals surface area contributed by atoms with Gasteiger partial charge in [0.15, 0.2) is 11.6 Å². The Kier molecular flexibility index (Phi) is 3.80. The fourth-order valence-corrected chi connectivity index (χ4v) is 3.19. The number of halogens is 2. The van der Waals surface area contributed by atoms with Crippen LogP contribution in [0.2, 0.25) is 0 Å². The molecule has 0 unspecified atom stereocenters. The Bertz CT molecular complexity index is 665. The summed E-state index contributed by atoms with van der Waals surface area (Å²) in [6, 6.07) is 3.11. The number of ether oxygens (including phenoxy) is 2. The van der Waals surface area contributed by atoms with Gasteiger partial charge in [0.1, 0.15) is 5.82 Å². The van der Waals surface area contributed by atoms with Gasteiger partial charge in [-0.1, -0.05) is 0 Å². The SMILES string of the molecule is COc1cc2c(cc1F)nc(CCl)n2C1(C)CCOCC1. The van der Waals surface area contributed by atoms with Crippen molar-refractivity contribution < 1.29 is 13.9 Å². The Labute approximate surface area is 127 Å². The van der Waals surface area contributed by atoms with Crippen LogP contribution in [0, 0.1) is 5.82 Å². The minimum absolute atomic E-state index is 0.125. The molecule has 2 aromatic rings. The average Bonchev–Trinajstić information content (AvgIpc) is 2.85. The van der Waals surface area contributed by atoms with Crippen molar-refractivity contribution in [3.63, 3.8) is 0 Å². The van der Waals surface area contributed by atoms with Crippen LogP contribution in [0.3, 0.4) is 0 Å². The zero-order valence-corrected chi connectivity index (χ0v) is 12.9. The van der Waals surface area contributed by atoms with E-state index in [1.807, 2.05) is 0 Å². The summed E-state index contributed by atoms with van der Waals surface area (Å²) >= 11 is 6.06. The highest BCUT2D eigenvalue weighted by Crippen LogP contribution is 2.36. The monoisotopic (exact) mass is 312 g/mol. The van der Waals surface area contributed by atoms with Gasteiger partial charge >= 0.3 is 0 Å². The van der Waals surface area contributed by atoms with Crippen LogP contribution < -0.4 is 4.74 Å². The molecule has 1 aromatic heterocycles. The lowest BCUT2D eigenvalue weighted by atomic mass is 9.91. The third-order valence-corrected chi connectivity index (χ3v) is 4.47. The minimum atomic E-state index is -0.409. The minimum Gasteiger partial charge on any atom is -0.494 e. The predicted molar refractivity (Wildman–Crippen MR) is 79.5 cm³/mol. The van der Waals surface area contributed by atoms with Crippen molar-refractivity contribution in [2.45, 2.75) is 31.2 Å². The molecule has 0 aliphatic carbocycles. The molecule has 0 bridgehead atoms. The van der Waals surface area contributed by atoms with Gasteiger partial charge in [-0.05, 0) is 19.8 Å². The van der Waals surface area contributed by atoms with E-state index in [0.717, 1.165) is 24.2 Å². The number of hydrogen-bond donors (Lipinski definition) is 0. The van der Waals surface area contributed by atoms with E-state index >= 15 is 0 Å². The molecule has 3 rings (SSSR count). The molecule has 21 heavy (non-hydrogen) atoms. The molecule has 6 heteroatoms. The Hall–Kier alpha value is -1.33. The van der Waals surface area contributed by atoms with Gasteiger partial charge in [-0.15, -0.1) is 11.6 Å². The maximum absolute atomic E-state index is 13.9. The summed E-state index contributed by atoms with van der Waals surface area (Å²) < 4.78 is 26.6. The summed E-state index contributed by atoms with van der Waals surface area (Å²) in [7, 11) is 1.46. The molecule has 1 saturated heterocycles. The van der Waals surface area contributed by atoms with Crippen molar-refractivity contribution in [3.05, 3.63) is 23.8 Å². The molecule has 1 aliphatic rings. The Balaban J connectivity index is 2.23. The van der Waals surface area contributed by atoms with Gasteiger partial charge in [0, 0.05) is 30.9 Å². The first-order chi connectivity index (χ1) is 10.1. The Morgan fingerprint density at radius 1 is 1.43 bits per heavy atom. The molecule has 0 spiro atoms. The van der Waals surface area contributed by atoms with Crippen LogP contribution >= 0.6 is 11.6 Å². The number of nitrogens with zero attached hydrogens (tertiary/aromatic N) is 2. The molecule has 0 N–H and O–H groups in total. The summed E-state index contributed by atoms with van der Waals surface area (Å²) in [6.07, 6.45) is 1.75. The van der Waals surface area contributed by atoms with Gasteiger partial charge in [-0.2, -0.15) is 0 Å². The molecule has 0 atom stereocenters. The highest BCUT2D eigenvalue weighted by molar-refractivity contribution is 6.16. The normalized spacial score (nSPS) is 18.1. The van der Waals surface area contributed by atoms with E-state index in [2.05, 4.69) is 16.5 Å². The number of rotatable bonds is 3. The third-order valence-electron chi connectivity index (χ3n) is 4.23. The first kappa shape index (κ1) is 14.6. The van der Waals surface area contributed by atoms with Gasteiger partial charge in [-0.25, -0.2) is 9.37 Å². The largest absolute Gasteiger partial charge is 0.494 e. The smallest absolute Gasteiger partial charge is 0.167 e. The number of aromatic nitrogens is 2. The second-order valence-corrected chi connectivity index (χ2v) is 5.85. The number of methoxy groups -OCH3 is 1. The zero-order valence-electron chi connectivity index (χ0n) is 12.2. The van der Waals surface area contributed by atoms with E-state index in [1.54, 1.807) is 6.07 Å². The molecule has 0 amide bonds. The van der Waals surface area contributed by atoms with Gasteiger partial charge < -0.3 is 14.0 Å². The topological polar surface area (TPSA) is 36.3 Å². The van der Waals surface area contributed by atoms with E-state index in [0.29, 0.717) is 18.7 Å². The van der Waals surface area contributed by atoms with Crippen LogP contribution in [-0.2, 0) is 16.2 Å². The highest BCUT2D eigenvalue weighted by Gasteiger charge is 2.33. The van der Waals surface area contributed by atoms with Crippen LogP contribution in [0.25, 0.3) is 11.0 Å². The lowest BCUT2D eigenvalue weighted by Crippen LogP contribution is -2.37. The second-order valence-electron chi connectivity index (χ2n) is 5.58. The quantitative estimate of drug-likeness (QED) is 0.815. The lowest BCUT2D eigenvalue weighted by Gasteiger charge is -2.36. The van der Waals surface area contributed by atoms with Gasteiger partial charge in [0.2, 0.25) is 0 Å². The maximum Gasteiger partial charge on any atom is 0.167 e. The number of alkyl halides is 1.